The number of esters is 1. The second-order valence-corrected chi connectivity index (χ2v) is 3.24. The standard InChI is InChI=1S/C10H16O4/c1-4-8(9(11)12-5-2)10(3)13-6-7-14-10/h6-8H,4-5H2,1-3H3. The predicted molar refractivity (Wildman–Crippen MR) is 50.1 cm³/mol. The summed E-state index contributed by atoms with van der Waals surface area (Å²) in [5.74, 6) is -1.57. The van der Waals surface area contributed by atoms with Crippen LogP contribution in [0.2, 0.25) is 0 Å². The van der Waals surface area contributed by atoms with Gasteiger partial charge in [-0.2, -0.15) is 0 Å². The third-order valence-electron chi connectivity index (χ3n) is 2.27. The molecule has 0 aromatic rings. The van der Waals surface area contributed by atoms with Crippen LogP contribution < -0.4 is 0 Å². The minimum atomic E-state index is -0.902. The molecule has 4 heteroatoms. The Kier molecular flexibility index (Phi) is 3.38. The van der Waals surface area contributed by atoms with Crippen molar-refractivity contribution >= 4 is 5.97 Å². The maximum Gasteiger partial charge on any atom is 0.316 e. The normalized spacial score (nSPS) is 19.6. The van der Waals surface area contributed by atoms with Gasteiger partial charge in [-0.05, 0) is 13.3 Å². The van der Waals surface area contributed by atoms with Gasteiger partial charge in [-0.3, -0.25) is 4.79 Å². The van der Waals surface area contributed by atoms with E-state index in [1.807, 2.05) is 6.92 Å². The van der Waals surface area contributed by atoms with E-state index < -0.39 is 11.7 Å². The van der Waals surface area contributed by atoms with Crippen LogP contribution in [0.25, 0.3) is 0 Å². The highest BCUT2D eigenvalue weighted by Crippen LogP contribution is 2.31. The van der Waals surface area contributed by atoms with Crippen LogP contribution in [0.15, 0.2) is 12.5 Å². The summed E-state index contributed by atoms with van der Waals surface area (Å²) in [7, 11) is 0. The van der Waals surface area contributed by atoms with E-state index in [9.17, 15) is 4.79 Å². The maximum atomic E-state index is 11.6. The van der Waals surface area contributed by atoms with Crippen molar-refractivity contribution in [3.05, 3.63) is 12.5 Å². The van der Waals surface area contributed by atoms with Crippen molar-refractivity contribution in [3.63, 3.8) is 0 Å². The molecule has 0 bridgehead atoms. The van der Waals surface area contributed by atoms with Crippen molar-refractivity contribution in [2.24, 2.45) is 5.92 Å². The monoisotopic (exact) mass is 200 g/mol. The second-order valence-electron chi connectivity index (χ2n) is 3.24. The molecule has 0 aromatic carbocycles. The van der Waals surface area contributed by atoms with Crippen LogP contribution in [0.3, 0.4) is 0 Å². The molecule has 1 unspecified atom stereocenters. The lowest BCUT2D eigenvalue weighted by atomic mass is 9.97. The largest absolute Gasteiger partial charge is 0.466 e. The Bertz CT molecular complexity index is 226. The lowest BCUT2D eigenvalue weighted by Gasteiger charge is -2.29. The summed E-state index contributed by atoms with van der Waals surface area (Å²) in [5, 5.41) is 0. The third kappa shape index (κ3) is 2.00. The van der Waals surface area contributed by atoms with Gasteiger partial charge in [0.1, 0.15) is 18.4 Å². The first kappa shape index (κ1) is 10.9. The van der Waals surface area contributed by atoms with Gasteiger partial charge in [0.2, 0.25) is 0 Å². The van der Waals surface area contributed by atoms with E-state index in [1.165, 1.54) is 12.5 Å². The number of carbonyl (C=O) groups is 1. The van der Waals surface area contributed by atoms with Gasteiger partial charge in [-0.1, -0.05) is 6.92 Å². The third-order valence-corrected chi connectivity index (χ3v) is 2.27. The number of hydrogen-bond donors (Lipinski definition) is 0. The van der Waals surface area contributed by atoms with Crippen LogP contribution in [0.4, 0.5) is 0 Å². The van der Waals surface area contributed by atoms with Crippen molar-refractivity contribution in [1.29, 1.82) is 0 Å². The van der Waals surface area contributed by atoms with Crippen LogP contribution in [0.1, 0.15) is 27.2 Å². The molecule has 0 amide bonds. The zero-order valence-electron chi connectivity index (χ0n) is 8.78. The number of rotatable bonds is 4. The van der Waals surface area contributed by atoms with Gasteiger partial charge in [0, 0.05) is 6.92 Å². The quantitative estimate of drug-likeness (QED) is 0.649. The summed E-state index contributed by atoms with van der Waals surface area (Å²) in [6, 6.07) is 0. The molecule has 1 heterocycles. The summed E-state index contributed by atoms with van der Waals surface area (Å²) in [4.78, 5) is 11.6. The van der Waals surface area contributed by atoms with Crippen molar-refractivity contribution < 1.29 is 19.0 Å². The van der Waals surface area contributed by atoms with Crippen molar-refractivity contribution in [1.82, 2.24) is 0 Å². The molecule has 80 valence electrons. The smallest absolute Gasteiger partial charge is 0.316 e. The Morgan fingerprint density at radius 2 is 2.00 bits per heavy atom. The Labute approximate surface area is 83.8 Å². The molecule has 0 radical (unpaired) electrons. The van der Waals surface area contributed by atoms with E-state index in [2.05, 4.69) is 0 Å². The molecule has 1 atom stereocenters. The maximum absolute atomic E-state index is 11.6. The number of hydrogen-bond acceptors (Lipinski definition) is 4. The lowest BCUT2D eigenvalue weighted by molar-refractivity contribution is -0.192. The highest BCUT2D eigenvalue weighted by atomic mass is 16.7. The molecular weight excluding hydrogens is 184 g/mol. The van der Waals surface area contributed by atoms with Crippen LogP contribution in [0.5, 0.6) is 0 Å². The highest BCUT2D eigenvalue weighted by molar-refractivity contribution is 5.73. The van der Waals surface area contributed by atoms with Gasteiger partial charge >= 0.3 is 5.97 Å². The zero-order valence-corrected chi connectivity index (χ0v) is 8.78. The Morgan fingerprint density at radius 1 is 1.43 bits per heavy atom. The average Bonchev–Trinajstić information content (AvgIpc) is 2.54. The highest BCUT2D eigenvalue weighted by Gasteiger charge is 2.44. The topological polar surface area (TPSA) is 44.8 Å². The average molecular weight is 200 g/mol. The van der Waals surface area contributed by atoms with E-state index in [0.29, 0.717) is 13.0 Å². The summed E-state index contributed by atoms with van der Waals surface area (Å²) in [6.45, 7) is 5.79. The van der Waals surface area contributed by atoms with E-state index in [-0.39, 0.29) is 5.97 Å². The van der Waals surface area contributed by atoms with Crippen LogP contribution in [0, 0.1) is 5.92 Å². The SMILES string of the molecule is CCOC(=O)C(CC)C1(C)OC=CO1. The first-order valence-electron chi connectivity index (χ1n) is 4.81. The Hall–Kier alpha value is -1.19. The zero-order chi connectivity index (χ0) is 10.6. The Balaban J connectivity index is 2.65. The molecule has 0 saturated carbocycles. The van der Waals surface area contributed by atoms with Crippen LogP contribution >= 0.6 is 0 Å². The van der Waals surface area contributed by atoms with Crippen molar-refractivity contribution in [3.8, 4) is 0 Å². The summed E-state index contributed by atoms with van der Waals surface area (Å²) in [5.41, 5.74) is 0. The number of ether oxygens (including phenoxy) is 3. The second kappa shape index (κ2) is 4.35. The fraction of sp³-hybridized carbons (Fsp3) is 0.700. The molecule has 0 aliphatic carbocycles. The molecule has 1 aliphatic heterocycles. The molecule has 4 nitrogen and oxygen atoms in total. The van der Waals surface area contributed by atoms with Crippen molar-refractivity contribution in [2.45, 2.75) is 33.0 Å². The molecule has 0 spiro atoms. The van der Waals surface area contributed by atoms with Gasteiger partial charge in [-0.15, -0.1) is 0 Å². The van der Waals surface area contributed by atoms with E-state index in [0.717, 1.165) is 0 Å². The van der Waals surface area contributed by atoms with Gasteiger partial charge < -0.3 is 14.2 Å². The van der Waals surface area contributed by atoms with E-state index in [1.54, 1.807) is 13.8 Å². The molecule has 1 rings (SSSR count). The molecule has 0 saturated heterocycles. The predicted octanol–water partition coefficient (Wildman–Crippen LogP) is 1.81. The fourth-order valence-electron chi connectivity index (χ4n) is 1.51. The molecule has 0 fully saturated rings. The van der Waals surface area contributed by atoms with Gasteiger partial charge in [0.05, 0.1) is 6.61 Å². The molecule has 14 heavy (non-hydrogen) atoms. The van der Waals surface area contributed by atoms with Gasteiger partial charge in [0.25, 0.3) is 5.79 Å². The minimum Gasteiger partial charge on any atom is -0.466 e. The van der Waals surface area contributed by atoms with Crippen LogP contribution in [-0.2, 0) is 19.0 Å². The van der Waals surface area contributed by atoms with Gasteiger partial charge in [0.15, 0.2) is 0 Å². The molecule has 1 aliphatic rings. The first-order valence-corrected chi connectivity index (χ1v) is 4.81. The fourth-order valence-corrected chi connectivity index (χ4v) is 1.51. The lowest BCUT2D eigenvalue weighted by Crippen LogP contribution is -2.41. The summed E-state index contributed by atoms with van der Waals surface area (Å²) in [6.07, 6.45) is 3.51. The van der Waals surface area contributed by atoms with Crippen molar-refractivity contribution in [2.75, 3.05) is 6.61 Å². The van der Waals surface area contributed by atoms with Crippen LogP contribution in [-0.4, -0.2) is 18.4 Å². The Morgan fingerprint density at radius 3 is 2.43 bits per heavy atom. The van der Waals surface area contributed by atoms with Gasteiger partial charge in [-0.25, -0.2) is 0 Å². The summed E-state index contributed by atoms with van der Waals surface area (Å²) >= 11 is 0. The summed E-state index contributed by atoms with van der Waals surface area (Å²) < 4.78 is 15.5. The molecular formula is C10H16O4. The molecule has 0 aromatic heterocycles. The first-order chi connectivity index (χ1) is 6.64. The van der Waals surface area contributed by atoms with E-state index in [4.69, 9.17) is 14.2 Å². The minimum absolute atomic E-state index is 0.277. The molecule has 0 N–H and O–H groups in total. The van der Waals surface area contributed by atoms with E-state index >= 15 is 0 Å². The number of carbonyl (C=O) groups excluding carboxylic acids is 1.